The van der Waals surface area contributed by atoms with Crippen molar-refractivity contribution in [3.8, 4) is 17.6 Å². The van der Waals surface area contributed by atoms with E-state index in [2.05, 4.69) is 25.3 Å². The number of sulfonamides is 1. The minimum atomic E-state index is -3.99. The van der Waals surface area contributed by atoms with Crippen LogP contribution in [0.4, 0.5) is 11.5 Å². The maximum Gasteiger partial charge on any atom is 0.321 e. The fraction of sp³-hybridized carbons (Fsp3) is 0.130. The number of benzene rings is 2. The molecule has 0 fully saturated rings. The van der Waals surface area contributed by atoms with E-state index < -0.39 is 15.9 Å². The molecule has 4 rings (SSSR count). The topological polar surface area (TPSA) is 141 Å². The molecule has 1 amide bonds. The molecule has 0 bridgehead atoms. The molecule has 0 spiro atoms. The molecule has 2 aromatic heterocycles. The zero-order valence-corrected chi connectivity index (χ0v) is 23.3. The summed E-state index contributed by atoms with van der Waals surface area (Å²) in [5.41, 5.74) is 0.451. The number of nitrogens with zero attached hydrogens (tertiary/aromatic N) is 2. The van der Waals surface area contributed by atoms with Crippen LogP contribution in [0.3, 0.4) is 0 Å². The number of thiophene rings is 1. The first kappa shape index (κ1) is 27.3. The second-order valence-corrected chi connectivity index (χ2v) is 10.9. The van der Waals surface area contributed by atoms with E-state index in [4.69, 9.17) is 38.0 Å². The first-order valence-corrected chi connectivity index (χ1v) is 13.7. The highest BCUT2D eigenvalue weighted by atomic mass is 35.5. The van der Waals surface area contributed by atoms with E-state index in [1.807, 2.05) is 0 Å². The number of carbonyl (C=O) groups excluding carboxylic acids is 1. The number of rotatable bonds is 8. The number of halogens is 1. The number of anilines is 2. The minimum Gasteiger partial charge on any atom is -0.497 e. The van der Waals surface area contributed by atoms with Crippen LogP contribution in [0.15, 0.2) is 53.4 Å². The van der Waals surface area contributed by atoms with Gasteiger partial charge in [0.25, 0.3) is 15.9 Å². The summed E-state index contributed by atoms with van der Waals surface area (Å²) < 4.78 is 44.0. The number of ether oxygens (including phenoxy) is 3. The van der Waals surface area contributed by atoms with Crippen molar-refractivity contribution in [2.75, 3.05) is 31.4 Å². The highest BCUT2D eigenvalue weighted by molar-refractivity contribution is 7.92. The molecule has 0 unspecified atom stereocenters. The number of nitrogens with one attached hydrogen (secondary N) is 3. The molecule has 15 heteroatoms. The normalized spacial score (nSPS) is 11.1. The number of carbonyl (C=O) groups is 1. The summed E-state index contributed by atoms with van der Waals surface area (Å²) in [6.45, 7) is 0. The molecule has 4 aromatic rings. The summed E-state index contributed by atoms with van der Waals surface area (Å²) in [4.78, 5) is 20.9. The van der Waals surface area contributed by atoms with Crippen LogP contribution in [0, 0.1) is 0 Å². The molecule has 2 aromatic carbocycles. The van der Waals surface area contributed by atoms with Gasteiger partial charge in [-0.1, -0.05) is 11.6 Å². The fourth-order valence-corrected chi connectivity index (χ4v) is 5.85. The van der Waals surface area contributed by atoms with E-state index >= 15 is 0 Å². The Morgan fingerprint density at radius 1 is 1.00 bits per heavy atom. The molecule has 0 aliphatic rings. The summed E-state index contributed by atoms with van der Waals surface area (Å²) in [6.07, 6.45) is 0. The molecule has 0 saturated heterocycles. The first-order valence-electron chi connectivity index (χ1n) is 10.6. The first-order chi connectivity index (χ1) is 18.1. The van der Waals surface area contributed by atoms with E-state index in [1.54, 1.807) is 25.3 Å². The SMILES string of the molecule is COc1ccc2c(Cl)c(C(=O)NC(=S)Nc3ccc(S(=O)(=O)Nc4cc(OC)nc(OC)n4)cc3)sc2c1. The van der Waals surface area contributed by atoms with Crippen molar-refractivity contribution >= 4 is 77.8 Å². The number of hydrogen-bond donors (Lipinski definition) is 3. The minimum absolute atomic E-state index is 0.00927. The number of thiocarbonyl (C=S) groups is 1. The Labute approximate surface area is 232 Å². The third-order valence-corrected chi connectivity index (χ3v) is 8.24. The Morgan fingerprint density at radius 2 is 1.74 bits per heavy atom. The van der Waals surface area contributed by atoms with Gasteiger partial charge in [0.1, 0.15) is 10.6 Å². The molecular weight excluding hydrogens is 574 g/mol. The number of hydrogen-bond acceptors (Lipinski definition) is 10. The summed E-state index contributed by atoms with van der Waals surface area (Å²) >= 11 is 12.9. The zero-order chi connectivity index (χ0) is 27.4. The van der Waals surface area contributed by atoms with Gasteiger partial charge < -0.3 is 19.5 Å². The lowest BCUT2D eigenvalue weighted by atomic mass is 10.2. The predicted molar refractivity (Wildman–Crippen MR) is 149 cm³/mol. The van der Waals surface area contributed by atoms with Crippen LogP contribution >= 0.6 is 35.2 Å². The third kappa shape index (κ3) is 6.05. The van der Waals surface area contributed by atoms with Gasteiger partial charge in [0.2, 0.25) is 5.88 Å². The zero-order valence-electron chi connectivity index (χ0n) is 20.1. The van der Waals surface area contributed by atoms with Crippen molar-refractivity contribution in [2.45, 2.75) is 4.90 Å². The molecule has 2 heterocycles. The van der Waals surface area contributed by atoms with Crippen molar-refractivity contribution in [3.63, 3.8) is 0 Å². The van der Waals surface area contributed by atoms with E-state index in [1.165, 1.54) is 55.9 Å². The number of aromatic nitrogens is 2. The van der Waals surface area contributed by atoms with E-state index in [0.29, 0.717) is 21.3 Å². The maximum absolute atomic E-state index is 12.8. The van der Waals surface area contributed by atoms with Gasteiger partial charge in [-0.15, -0.1) is 11.3 Å². The van der Waals surface area contributed by atoms with Crippen LogP contribution < -0.4 is 29.6 Å². The van der Waals surface area contributed by atoms with Gasteiger partial charge in [0.05, 0.1) is 31.2 Å². The summed E-state index contributed by atoms with van der Waals surface area (Å²) in [5, 5.41) is 6.48. The van der Waals surface area contributed by atoms with Gasteiger partial charge in [0, 0.05) is 21.8 Å². The summed E-state index contributed by atoms with van der Waals surface area (Å²) in [7, 11) is 0.294. The van der Waals surface area contributed by atoms with Crippen LogP contribution in [0.25, 0.3) is 10.1 Å². The fourth-order valence-electron chi connectivity index (χ4n) is 3.21. The van der Waals surface area contributed by atoms with Crippen LogP contribution in [0.1, 0.15) is 9.67 Å². The van der Waals surface area contributed by atoms with Gasteiger partial charge >= 0.3 is 6.01 Å². The van der Waals surface area contributed by atoms with Crippen LogP contribution in [0.5, 0.6) is 17.6 Å². The Balaban J connectivity index is 1.42. The van der Waals surface area contributed by atoms with E-state index in [0.717, 1.165) is 10.1 Å². The highest BCUT2D eigenvalue weighted by Crippen LogP contribution is 2.37. The van der Waals surface area contributed by atoms with Gasteiger partial charge in [-0.05, 0) is 54.7 Å². The number of fused-ring (bicyclic) bond motifs is 1. The average molecular weight is 594 g/mol. The smallest absolute Gasteiger partial charge is 0.321 e. The van der Waals surface area contributed by atoms with Crippen LogP contribution in [-0.2, 0) is 10.0 Å². The van der Waals surface area contributed by atoms with Crippen molar-refractivity contribution in [2.24, 2.45) is 0 Å². The lowest BCUT2D eigenvalue weighted by molar-refractivity contribution is 0.0982. The van der Waals surface area contributed by atoms with Gasteiger partial charge in [0.15, 0.2) is 10.9 Å². The highest BCUT2D eigenvalue weighted by Gasteiger charge is 2.20. The summed E-state index contributed by atoms with van der Waals surface area (Å²) in [5.74, 6) is 0.267. The molecule has 0 atom stereocenters. The number of amides is 1. The Hall–Kier alpha value is -3.72. The average Bonchev–Trinajstić information content (AvgIpc) is 3.23. The second-order valence-electron chi connectivity index (χ2n) is 7.43. The molecule has 0 aliphatic carbocycles. The predicted octanol–water partition coefficient (Wildman–Crippen LogP) is 4.30. The number of methoxy groups -OCH3 is 3. The summed E-state index contributed by atoms with van der Waals surface area (Å²) in [6, 6.07) is 12.3. The Morgan fingerprint density at radius 3 is 2.39 bits per heavy atom. The molecule has 11 nitrogen and oxygen atoms in total. The molecule has 0 aliphatic heterocycles. The monoisotopic (exact) mass is 593 g/mol. The van der Waals surface area contributed by atoms with Crippen LogP contribution in [0.2, 0.25) is 5.02 Å². The Bertz CT molecular complexity index is 1600. The van der Waals surface area contributed by atoms with Crippen molar-refractivity contribution in [3.05, 3.63) is 58.4 Å². The van der Waals surface area contributed by atoms with Crippen molar-refractivity contribution < 1.29 is 27.4 Å². The third-order valence-electron chi connectivity index (χ3n) is 5.01. The molecule has 3 N–H and O–H groups in total. The maximum atomic E-state index is 12.8. The lowest BCUT2D eigenvalue weighted by Crippen LogP contribution is -2.33. The lowest BCUT2D eigenvalue weighted by Gasteiger charge is -2.11. The van der Waals surface area contributed by atoms with Gasteiger partial charge in [-0.3, -0.25) is 14.8 Å². The molecule has 0 radical (unpaired) electrons. The van der Waals surface area contributed by atoms with Crippen molar-refractivity contribution in [1.29, 1.82) is 0 Å². The standard InChI is InChI=1S/C23H20ClN5O6S3/c1-33-13-6-9-15-16(10-13)37-20(19(15)24)21(30)28-23(36)25-12-4-7-14(8-5-12)38(31,32)29-17-11-18(34-2)27-22(26-17)35-3/h4-11H,1-3H3,(H,26,27,29)(H2,25,28,30,36). The molecular formula is C23H20ClN5O6S3. The quantitative estimate of drug-likeness (QED) is 0.253. The molecule has 38 heavy (non-hydrogen) atoms. The largest absolute Gasteiger partial charge is 0.497 e. The van der Waals surface area contributed by atoms with Crippen molar-refractivity contribution in [1.82, 2.24) is 15.3 Å². The molecule has 198 valence electrons. The van der Waals surface area contributed by atoms with E-state index in [-0.39, 0.29) is 27.7 Å². The van der Waals surface area contributed by atoms with E-state index in [9.17, 15) is 13.2 Å². The second kappa shape index (κ2) is 11.3. The van der Waals surface area contributed by atoms with Crippen LogP contribution in [-0.4, -0.2) is 50.7 Å². The van der Waals surface area contributed by atoms with Gasteiger partial charge in [-0.2, -0.15) is 9.97 Å². The Kier molecular flexibility index (Phi) is 8.16. The molecule has 0 saturated carbocycles. The van der Waals surface area contributed by atoms with Gasteiger partial charge in [-0.25, -0.2) is 8.42 Å².